The second kappa shape index (κ2) is 11.7. The Hall–Kier alpha value is -2.90. The van der Waals surface area contributed by atoms with Crippen LogP contribution in [0.15, 0.2) is 53.6 Å². The molecule has 2 aliphatic heterocycles. The van der Waals surface area contributed by atoms with E-state index < -0.39 is 6.04 Å². The Balaban J connectivity index is 1.60. The number of carbonyl (C=O) groups is 2. The molecular formula is C27H32ClN3O4. The quantitative estimate of drug-likeness (QED) is 0.488. The van der Waals surface area contributed by atoms with E-state index in [0.29, 0.717) is 37.6 Å². The lowest BCUT2D eigenvalue weighted by Crippen LogP contribution is -2.49. The van der Waals surface area contributed by atoms with Crippen molar-refractivity contribution < 1.29 is 19.1 Å². The van der Waals surface area contributed by atoms with Gasteiger partial charge in [0.05, 0.1) is 31.5 Å². The van der Waals surface area contributed by atoms with Crippen molar-refractivity contribution in [2.45, 2.75) is 51.6 Å². The number of hydrogen-bond acceptors (Lipinski definition) is 6. The summed E-state index contributed by atoms with van der Waals surface area (Å²) in [6.45, 7) is 5.44. The van der Waals surface area contributed by atoms with Gasteiger partial charge in [0.25, 0.3) is 5.91 Å². The third-order valence-electron chi connectivity index (χ3n) is 6.44. The van der Waals surface area contributed by atoms with E-state index in [4.69, 9.17) is 26.2 Å². The molecule has 2 atom stereocenters. The molecule has 8 heteroatoms. The van der Waals surface area contributed by atoms with E-state index >= 15 is 0 Å². The van der Waals surface area contributed by atoms with Crippen LogP contribution in [0.1, 0.15) is 56.7 Å². The second-order valence-corrected chi connectivity index (χ2v) is 9.13. The van der Waals surface area contributed by atoms with Crippen LogP contribution in [-0.2, 0) is 14.3 Å². The molecule has 35 heavy (non-hydrogen) atoms. The monoisotopic (exact) mass is 497 g/mol. The number of esters is 1. The van der Waals surface area contributed by atoms with Crippen LogP contribution in [0.3, 0.4) is 0 Å². The highest BCUT2D eigenvalue weighted by Crippen LogP contribution is 2.35. The van der Waals surface area contributed by atoms with E-state index in [1.165, 1.54) is 0 Å². The first kappa shape index (κ1) is 25.2. The smallest absolute Gasteiger partial charge is 0.323 e. The summed E-state index contributed by atoms with van der Waals surface area (Å²) in [5, 5.41) is 6.91. The van der Waals surface area contributed by atoms with Crippen LogP contribution in [0.25, 0.3) is 0 Å². The van der Waals surface area contributed by atoms with Gasteiger partial charge in [-0.2, -0.15) is 5.10 Å². The molecule has 0 saturated carbocycles. The number of hydrogen-bond donors (Lipinski definition) is 0. The first-order valence-corrected chi connectivity index (χ1v) is 12.7. The maximum atomic E-state index is 13.6. The zero-order chi connectivity index (χ0) is 24.8. The van der Waals surface area contributed by atoms with Gasteiger partial charge in [-0.05, 0) is 57.0 Å². The Kier molecular flexibility index (Phi) is 8.42. The van der Waals surface area contributed by atoms with Gasteiger partial charge in [-0.25, -0.2) is 5.01 Å². The van der Waals surface area contributed by atoms with Crippen molar-refractivity contribution in [1.29, 1.82) is 0 Å². The SMILES string of the molecule is CCOC(=O)[C@H]1CCCCN1CC(=O)N1N=C(c2ccccc2Cl)C[C@@H]1c1ccc(OCC)cc1. The fourth-order valence-corrected chi connectivity index (χ4v) is 4.99. The van der Waals surface area contributed by atoms with E-state index in [9.17, 15) is 9.59 Å². The van der Waals surface area contributed by atoms with Crippen molar-refractivity contribution in [1.82, 2.24) is 9.91 Å². The molecule has 1 amide bonds. The number of hydrazone groups is 1. The molecule has 2 aliphatic rings. The van der Waals surface area contributed by atoms with Gasteiger partial charge < -0.3 is 9.47 Å². The number of halogens is 1. The summed E-state index contributed by atoms with van der Waals surface area (Å²) in [5.41, 5.74) is 2.55. The average molecular weight is 498 g/mol. The molecule has 186 valence electrons. The van der Waals surface area contributed by atoms with Gasteiger partial charge >= 0.3 is 5.97 Å². The van der Waals surface area contributed by atoms with Crippen molar-refractivity contribution in [2.75, 3.05) is 26.3 Å². The summed E-state index contributed by atoms with van der Waals surface area (Å²) in [7, 11) is 0. The zero-order valence-electron chi connectivity index (χ0n) is 20.3. The number of nitrogens with zero attached hydrogens (tertiary/aromatic N) is 3. The Morgan fingerprint density at radius 1 is 1.06 bits per heavy atom. The van der Waals surface area contributed by atoms with Crippen LogP contribution >= 0.6 is 11.6 Å². The number of likely N-dealkylation sites (tertiary alicyclic amines) is 1. The highest BCUT2D eigenvalue weighted by atomic mass is 35.5. The van der Waals surface area contributed by atoms with Crippen molar-refractivity contribution in [3.8, 4) is 5.75 Å². The van der Waals surface area contributed by atoms with Gasteiger partial charge in [0, 0.05) is 17.0 Å². The van der Waals surface area contributed by atoms with E-state index in [2.05, 4.69) is 0 Å². The fraction of sp³-hybridized carbons (Fsp3) is 0.444. The molecule has 0 aromatic heterocycles. The number of carbonyl (C=O) groups excluding carboxylic acids is 2. The third kappa shape index (κ3) is 5.85. The fourth-order valence-electron chi connectivity index (χ4n) is 4.74. The predicted molar refractivity (Wildman–Crippen MR) is 136 cm³/mol. The molecule has 0 spiro atoms. The van der Waals surface area contributed by atoms with Gasteiger partial charge in [0.2, 0.25) is 0 Å². The van der Waals surface area contributed by atoms with Crippen LogP contribution in [0.5, 0.6) is 5.75 Å². The molecule has 2 aromatic carbocycles. The number of benzene rings is 2. The van der Waals surface area contributed by atoms with Crippen LogP contribution in [0.2, 0.25) is 5.02 Å². The Morgan fingerprint density at radius 3 is 2.54 bits per heavy atom. The van der Waals surface area contributed by atoms with E-state index in [1.54, 1.807) is 11.9 Å². The molecule has 7 nitrogen and oxygen atoms in total. The summed E-state index contributed by atoms with van der Waals surface area (Å²) < 4.78 is 10.9. The maximum Gasteiger partial charge on any atom is 0.323 e. The van der Waals surface area contributed by atoms with Crippen LogP contribution in [0, 0.1) is 0 Å². The first-order chi connectivity index (χ1) is 17.0. The number of piperidine rings is 1. The molecule has 0 unspecified atom stereocenters. The number of amides is 1. The minimum Gasteiger partial charge on any atom is -0.494 e. The van der Waals surface area contributed by atoms with Crippen molar-refractivity contribution >= 4 is 29.2 Å². The molecule has 1 fully saturated rings. The first-order valence-electron chi connectivity index (χ1n) is 12.3. The van der Waals surface area contributed by atoms with Crippen molar-refractivity contribution in [3.05, 3.63) is 64.7 Å². The van der Waals surface area contributed by atoms with Gasteiger partial charge in [0.15, 0.2) is 0 Å². The summed E-state index contributed by atoms with van der Waals surface area (Å²) in [5.74, 6) is 0.372. The molecule has 4 rings (SSSR count). The van der Waals surface area contributed by atoms with E-state index in [-0.39, 0.29) is 24.5 Å². The number of rotatable bonds is 8. The lowest BCUT2D eigenvalue weighted by molar-refractivity contribution is -0.152. The number of ether oxygens (including phenoxy) is 2. The van der Waals surface area contributed by atoms with Gasteiger partial charge in [-0.3, -0.25) is 14.5 Å². The lowest BCUT2D eigenvalue weighted by atomic mass is 9.98. The zero-order valence-corrected chi connectivity index (χ0v) is 21.0. The van der Waals surface area contributed by atoms with Gasteiger partial charge in [-0.1, -0.05) is 48.4 Å². The molecular weight excluding hydrogens is 466 g/mol. The van der Waals surface area contributed by atoms with Crippen LogP contribution in [-0.4, -0.2) is 59.8 Å². The summed E-state index contributed by atoms with van der Waals surface area (Å²) in [6, 6.07) is 14.7. The van der Waals surface area contributed by atoms with E-state index in [0.717, 1.165) is 35.4 Å². The second-order valence-electron chi connectivity index (χ2n) is 8.72. The summed E-state index contributed by atoms with van der Waals surface area (Å²) in [6.07, 6.45) is 3.13. The van der Waals surface area contributed by atoms with Gasteiger partial charge in [0.1, 0.15) is 11.8 Å². The largest absolute Gasteiger partial charge is 0.494 e. The molecule has 1 saturated heterocycles. The lowest BCUT2D eigenvalue weighted by Gasteiger charge is -2.34. The molecule has 0 bridgehead atoms. The van der Waals surface area contributed by atoms with Crippen molar-refractivity contribution in [2.24, 2.45) is 5.10 Å². The van der Waals surface area contributed by atoms with Crippen LogP contribution < -0.4 is 4.74 Å². The topological polar surface area (TPSA) is 71.4 Å². The Morgan fingerprint density at radius 2 is 1.83 bits per heavy atom. The van der Waals surface area contributed by atoms with Crippen molar-refractivity contribution in [3.63, 3.8) is 0 Å². The minimum atomic E-state index is -0.397. The molecule has 2 aromatic rings. The van der Waals surface area contributed by atoms with Gasteiger partial charge in [-0.15, -0.1) is 0 Å². The minimum absolute atomic E-state index is 0.107. The van der Waals surface area contributed by atoms with Crippen LogP contribution in [0.4, 0.5) is 0 Å². The summed E-state index contributed by atoms with van der Waals surface area (Å²) >= 11 is 6.46. The Labute approximate surface area is 211 Å². The predicted octanol–water partition coefficient (Wildman–Crippen LogP) is 4.83. The summed E-state index contributed by atoms with van der Waals surface area (Å²) in [4.78, 5) is 28.1. The standard InChI is InChI=1S/C27H32ClN3O4/c1-3-34-20-14-12-19(13-15-20)25-17-23(21-9-5-6-10-22(21)28)29-31(25)26(32)18-30-16-8-7-11-24(30)27(33)35-4-2/h5-6,9-10,12-15,24-25H,3-4,7-8,11,16-18H2,1-2H3/t24-,25-/m1/s1. The molecule has 0 aliphatic carbocycles. The highest BCUT2D eigenvalue weighted by molar-refractivity contribution is 6.34. The highest BCUT2D eigenvalue weighted by Gasteiger charge is 2.37. The Bertz CT molecular complexity index is 1070. The maximum absolute atomic E-state index is 13.6. The molecule has 2 heterocycles. The third-order valence-corrected chi connectivity index (χ3v) is 6.77. The molecule has 0 radical (unpaired) electrons. The molecule has 0 N–H and O–H groups in total. The van der Waals surface area contributed by atoms with E-state index in [1.807, 2.05) is 60.4 Å². The normalized spacial score (nSPS) is 20.4. The average Bonchev–Trinajstić information content (AvgIpc) is 3.31.